The van der Waals surface area contributed by atoms with E-state index in [4.69, 9.17) is 14.8 Å². The fourth-order valence-corrected chi connectivity index (χ4v) is 5.45. The van der Waals surface area contributed by atoms with Crippen LogP contribution in [0.4, 0.5) is 5.69 Å². The summed E-state index contributed by atoms with van der Waals surface area (Å²) in [5.74, 6) is 0.784. The molecule has 36 heavy (non-hydrogen) atoms. The van der Waals surface area contributed by atoms with Crippen molar-refractivity contribution in [3.63, 3.8) is 0 Å². The molecular formula is C28H25N5O2S. The predicted molar refractivity (Wildman–Crippen MR) is 143 cm³/mol. The van der Waals surface area contributed by atoms with Crippen LogP contribution in [-0.2, 0) is 0 Å². The molecule has 3 heterocycles. The predicted octanol–water partition coefficient (Wildman–Crippen LogP) is 5.12. The number of methoxy groups -OCH3 is 1. The van der Waals surface area contributed by atoms with Gasteiger partial charge >= 0.3 is 0 Å². The average Bonchev–Trinajstić information content (AvgIpc) is 3.58. The second-order valence-corrected chi connectivity index (χ2v) is 9.64. The minimum Gasteiger partial charge on any atom is -0.497 e. The topological polar surface area (TPSA) is 63.5 Å². The van der Waals surface area contributed by atoms with Crippen molar-refractivity contribution >= 4 is 33.1 Å². The lowest BCUT2D eigenvalue weighted by atomic mass is 10.1. The summed E-state index contributed by atoms with van der Waals surface area (Å²) in [4.78, 5) is 22.5. The zero-order chi connectivity index (χ0) is 24.5. The third-order valence-electron chi connectivity index (χ3n) is 6.47. The Labute approximate surface area is 213 Å². The van der Waals surface area contributed by atoms with Crippen LogP contribution in [-0.4, -0.2) is 58.9 Å². The molecule has 0 N–H and O–H groups in total. The number of ether oxygens (including phenoxy) is 1. The minimum atomic E-state index is -0.0542. The Hall–Kier alpha value is -4.17. The molecule has 0 saturated carbocycles. The van der Waals surface area contributed by atoms with Crippen LogP contribution in [0.1, 0.15) is 10.5 Å². The molecule has 0 atom stereocenters. The molecule has 1 saturated heterocycles. The second-order valence-electron chi connectivity index (χ2n) is 8.63. The highest BCUT2D eigenvalue weighted by molar-refractivity contribution is 7.20. The van der Waals surface area contributed by atoms with Gasteiger partial charge in [-0.25, -0.2) is 9.67 Å². The molecule has 7 nitrogen and oxygen atoms in total. The number of hydrogen-bond acceptors (Lipinski definition) is 6. The van der Waals surface area contributed by atoms with Crippen molar-refractivity contribution in [2.24, 2.45) is 0 Å². The zero-order valence-corrected chi connectivity index (χ0v) is 20.7. The Morgan fingerprint density at radius 1 is 0.889 bits per heavy atom. The van der Waals surface area contributed by atoms with Gasteiger partial charge in [0.2, 0.25) is 5.13 Å². The molecule has 6 rings (SSSR count). The lowest BCUT2D eigenvalue weighted by Crippen LogP contribution is -2.48. The normalized spacial score (nSPS) is 13.8. The molecule has 1 aliphatic rings. The minimum absolute atomic E-state index is 0.0542. The van der Waals surface area contributed by atoms with Gasteiger partial charge < -0.3 is 14.5 Å². The van der Waals surface area contributed by atoms with E-state index in [1.165, 1.54) is 0 Å². The lowest BCUT2D eigenvalue weighted by Gasteiger charge is -2.35. The Bertz CT molecular complexity index is 1470. The molecule has 3 aromatic carbocycles. The first-order valence-electron chi connectivity index (χ1n) is 11.9. The molecule has 0 spiro atoms. The summed E-state index contributed by atoms with van der Waals surface area (Å²) in [5, 5.41) is 5.52. The number of amides is 1. The van der Waals surface area contributed by atoms with Gasteiger partial charge in [0.1, 0.15) is 5.75 Å². The maximum Gasteiger partial charge on any atom is 0.274 e. The summed E-state index contributed by atoms with van der Waals surface area (Å²) >= 11 is 1.57. The Kier molecular flexibility index (Phi) is 5.87. The number of thiazole rings is 1. The van der Waals surface area contributed by atoms with Crippen molar-refractivity contribution in [1.29, 1.82) is 0 Å². The van der Waals surface area contributed by atoms with Crippen LogP contribution in [0.15, 0.2) is 84.9 Å². The molecule has 0 unspecified atom stereocenters. The number of fused-ring (bicyclic) bond motifs is 1. The van der Waals surface area contributed by atoms with Crippen LogP contribution in [0.5, 0.6) is 5.75 Å². The van der Waals surface area contributed by atoms with Crippen molar-refractivity contribution in [2.75, 3.05) is 38.2 Å². The van der Waals surface area contributed by atoms with E-state index in [1.54, 1.807) is 23.1 Å². The van der Waals surface area contributed by atoms with Crippen LogP contribution in [0, 0.1) is 0 Å². The summed E-state index contributed by atoms with van der Waals surface area (Å²) in [5.41, 5.74) is 4.34. The second kappa shape index (κ2) is 9.47. The third kappa shape index (κ3) is 4.20. The first-order chi connectivity index (χ1) is 17.7. The monoisotopic (exact) mass is 495 g/mol. The maximum absolute atomic E-state index is 13.5. The first kappa shape index (κ1) is 22.3. The summed E-state index contributed by atoms with van der Waals surface area (Å²) < 4.78 is 8.16. The van der Waals surface area contributed by atoms with E-state index in [0.717, 1.165) is 51.1 Å². The molecule has 180 valence electrons. The Morgan fingerprint density at radius 2 is 1.61 bits per heavy atom. The number of nitrogens with zero attached hydrogens (tertiary/aromatic N) is 5. The molecule has 8 heteroatoms. The highest BCUT2D eigenvalue weighted by atomic mass is 32.1. The van der Waals surface area contributed by atoms with E-state index >= 15 is 0 Å². The molecule has 0 bridgehead atoms. The summed E-state index contributed by atoms with van der Waals surface area (Å²) in [7, 11) is 1.67. The summed E-state index contributed by atoms with van der Waals surface area (Å²) in [6.07, 6.45) is 0. The fraction of sp³-hybridized carbons (Fsp3) is 0.179. The van der Waals surface area contributed by atoms with Crippen LogP contribution >= 0.6 is 11.3 Å². The number of anilines is 1. The van der Waals surface area contributed by atoms with E-state index in [1.807, 2.05) is 71.6 Å². The SMILES string of the molecule is COc1ccc(N2CCN(C(=O)c3cc(-c4ccccc4)n(-c4nc5ccccc5s4)n3)CC2)cc1. The fourth-order valence-electron chi connectivity index (χ4n) is 4.52. The van der Waals surface area contributed by atoms with E-state index < -0.39 is 0 Å². The van der Waals surface area contributed by atoms with E-state index in [9.17, 15) is 4.79 Å². The lowest BCUT2D eigenvalue weighted by molar-refractivity contribution is 0.0740. The highest BCUT2D eigenvalue weighted by Crippen LogP contribution is 2.30. The molecule has 5 aromatic rings. The third-order valence-corrected chi connectivity index (χ3v) is 7.48. The smallest absolute Gasteiger partial charge is 0.274 e. The largest absolute Gasteiger partial charge is 0.497 e. The number of carbonyl (C=O) groups excluding carboxylic acids is 1. The van der Waals surface area contributed by atoms with Crippen LogP contribution in [0.3, 0.4) is 0 Å². The van der Waals surface area contributed by atoms with Gasteiger partial charge in [0.15, 0.2) is 5.69 Å². The van der Waals surface area contributed by atoms with Gasteiger partial charge in [-0.15, -0.1) is 0 Å². The summed E-state index contributed by atoms with van der Waals surface area (Å²) in [6, 6.07) is 28.0. The van der Waals surface area contributed by atoms with Crippen LogP contribution in [0.2, 0.25) is 0 Å². The number of benzene rings is 3. The van der Waals surface area contributed by atoms with Crippen molar-refractivity contribution in [1.82, 2.24) is 19.7 Å². The molecule has 1 fully saturated rings. The van der Waals surface area contributed by atoms with Crippen molar-refractivity contribution in [2.45, 2.75) is 0 Å². The van der Waals surface area contributed by atoms with Gasteiger partial charge in [0.25, 0.3) is 5.91 Å². The molecule has 0 aliphatic carbocycles. The number of aromatic nitrogens is 3. The summed E-state index contributed by atoms with van der Waals surface area (Å²) in [6.45, 7) is 2.81. The van der Waals surface area contributed by atoms with Gasteiger partial charge in [0, 0.05) is 37.4 Å². The standard InChI is InChI=1S/C28H25N5O2S/c1-35-22-13-11-21(12-14-22)31-15-17-32(18-16-31)27(34)24-19-25(20-7-3-2-4-8-20)33(30-24)28-29-23-9-5-6-10-26(23)36-28/h2-14,19H,15-18H2,1H3. The van der Waals surface area contributed by atoms with E-state index in [-0.39, 0.29) is 5.91 Å². The number of hydrogen-bond donors (Lipinski definition) is 0. The Morgan fingerprint density at radius 3 is 2.33 bits per heavy atom. The number of para-hydroxylation sites is 1. The Balaban J connectivity index is 1.27. The van der Waals surface area contributed by atoms with E-state index in [0.29, 0.717) is 18.8 Å². The average molecular weight is 496 g/mol. The van der Waals surface area contributed by atoms with Crippen molar-refractivity contribution < 1.29 is 9.53 Å². The van der Waals surface area contributed by atoms with Crippen LogP contribution in [0.25, 0.3) is 26.6 Å². The first-order valence-corrected chi connectivity index (χ1v) is 12.7. The molecule has 2 aromatic heterocycles. The van der Waals surface area contributed by atoms with Gasteiger partial charge in [0.05, 0.1) is 23.0 Å². The number of rotatable bonds is 5. The quantitative estimate of drug-likeness (QED) is 0.339. The van der Waals surface area contributed by atoms with Gasteiger partial charge in [-0.05, 0) is 42.5 Å². The molecule has 0 radical (unpaired) electrons. The van der Waals surface area contributed by atoms with Crippen molar-refractivity contribution in [3.05, 3.63) is 90.6 Å². The molecular weight excluding hydrogens is 470 g/mol. The van der Waals surface area contributed by atoms with E-state index in [2.05, 4.69) is 23.1 Å². The number of piperazine rings is 1. The van der Waals surface area contributed by atoms with Gasteiger partial charge in [-0.1, -0.05) is 53.8 Å². The maximum atomic E-state index is 13.5. The highest BCUT2D eigenvalue weighted by Gasteiger charge is 2.26. The van der Waals surface area contributed by atoms with Crippen LogP contribution < -0.4 is 9.64 Å². The zero-order valence-electron chi connectivity index (χ0n) is 19.9. The molecule has 1 aliphatic heterocycles. The van der Waals surface area contributed by atoms with Gasteiger partial charge in [-0.3, -0.25) is 4.79 Å². The molecule has 1 amide bonds. The number of carbonyl (C=O) groups is 1. The van der Waals surface area contributed by atoms with Crippen molar-refractivity contribution in [3.8, 4) is 22.1 Å². The van der Waals surface area contributed by atoms with Gasteiger partial charge in [-0.2, -0.15) is 5.10 Å².